The van der Waals surface area contributed by atoms with Crippen LogP contribution in [0.4, 0.5) is 5.69 Å². The summed E-state index contributed by atoms with van der Waals surface area (Å²) in [4.78, 5) is 34.9. The topological polar surface area (TPSA) is 84.5 Å². The number of hydrogen-bond acceptors (Lipinski definition) is 4. The summed E-state index contributed by atoms with van der Waals surface area (Å²) >= 11 is 11.8. The Kier molecular flexibility index (Phi) is 5.26. The number of amides is 2. The molecule has 8 heteroatoms. The number of hydrogen-bond donors (Lipinski definition) is 2. The van der Waals surface area contributed by atoms with Crippen LogP contribution in [0.25, 0.3) is 0 Å². The van der Waals surface area contributed by atoms with Gasteiger partial charge < -0.3 is 15.4 Å². The zero-order valence-corrected chi connectivity index (χ0v) is 13.2. The summed E-state index contributed by atoms with van der Waals surface area (Å²) < 4.78 is 5.04. The molecule has 1 saturated heterocycles. The standard InChI is InChI=1S/C14H14Cl2N2O4/c1-7(22-14(21)10-4-5-12(19)17-10)13(20)18-11-6-8(15)2-3-9(11)16/h2-3,6-7,10H,4-5H2,1H3,(H,17,19)(H,18,20)/t7-,10+/m0/s1. The van der Waals surface area contributed by atoms with Crippen LogP contribution in [0.5, 0.6) is 0 Å². The monoisotopic (exact) mass is 344 g/mol. The van der Waals surface area contributed by atoms with Crippen molar-refractivity contribution in [2.24, 2.45) is 0 Å². The first-order valence-electron chi connectivity index (χ1n) is 6.62. The van der Waals surface area contributed by atoms with Crippen LogP contribution in [0.15, 0.2) is 18.2 Å². The maximum Gasteiger partial charge on any atom is 0.329 e. The van der Waals surface area contributed by atoms with Gasteiger partial charge in [-0.05, 0) is 31.5 Å². The summed E-state index contributed by atoms with van der Waals surface area (Å²) in [5.74, 6) is -1.38. The molecule has 0 bridgehead atoms. The van der Waals surface area contributed by atoms with Gasteiger partial charge in [-0.1, -0.05) is 23.2 Å². The highest BCUT2D eigenvalue weighted by Gasteiger charge is 2.30. The zero-order chi connectivity index (χ0) is 16.3. The lowest BCUT2D eigenvalue weighted by molar-refractivity contribution is -0.155. The molecule has 0 radical (unpaired) electrons. The summed E-state index contributed by atoms with van der Waals surface area (Å²) in [6, 6.07) is 3.93. The molecule has 1 aliphatic heterocycles. The molecule has 1 heterocycles. The Bertz CT molecular complexity index is 621. The molecule has 0 spiro atoms. The molecule has 1 aliphatic rings. The highest BCUT2D eigenvalue weighted by molar-refractivity contribution is 6.35. The Balaban J connectivity index is 1.93. The Morgan fingerprint density at radius 3 is 2.77 bits per heavy atom. The third-order valence-corrected chi connectivity index (χ3v) is 3.69. The van der Waals surface area contributed by atoms with Crippen molar-refractivity contribution < 1.29 is 19.1 Å². The van der Waals surface area contributed by atoms with Crippen LogP contribution in [0.2, 0.25) is 10.0 Å². The van der Waals surface area contributed by atoms with Crippen molar-refractivity contribution in [1.82, 2.24) is 5.32 Å². The highest BCUT2D eigenvalue weighted by atomic mass is 35.5. The average molecular weight is 345 g/mol. The Morgan fingerprint density at radius 2 is 2.14 bits per heavy atom. The van der Waals surface area contributed by atoms with Gasteiger partial charge in [-0.2, -0.15) is 0 Å². The smallest absolute Gasteiger partial charge is 0.329 e. The SMILES string of the molecule is C[C@H](OC(=O)[C@H]1CCC(=O)N1)C(=O)Nc1cc(Cl)ccc1Cl. The van der Waals surface area contributed by atoms with Crippen molar-refractivity contribution >= 4 is 46.7 Å². The number of anilines is 1. The number of carbonyl (C=O) groups is 3. The lowest BCUT2D eigenvalue weighted by atomic mass is 10.2. The van der Waals surface area contributed by atoms with E-state index >= 15 is 0 Å². The molecule has 0 unspecified atom stereocenters. The van der Waals surface area contributed by atoms with Gasteiger partial charge in [0, 0.05) is 11.4 Å². The number of nitrogens with one attached hydrogen (secondary N) is 2. The number of esters is 1. The molecule has 2 atom stereocenters. The van der Waals surface area contributed by atoms with E-state index in [0.717, 1.165) is 0 Å². The first kappa shape index (κ1) is 16.6. The van der Waals surface area contributed by atoms with Gasteiger partial charge in [-0.25, -0.2) is 4.79 Å². The van der Waals surface area contributed by atoms with Gasteiger partial charge in [0.1, 0.15) is 6.04 Å². The molecule has 0 aromatic heterocycles. The van der Waals surface area contributed by atoms with Crippen molar-refractivity contribution in [2.45, 2.75) is 31.9 Å². The molecule has 0 aliphatic carbocycles. The second-order valence-corrected chi connectivity index (χ2v) is 5.69. The predicted molar refractivity (Wildman–Crippen MR) is 81.8 cm³/mol. The molecular weight excluding hydrogens is 331 g/mol. The van der Waals surface area contributed by atoms with Gasteiger partial charge >= 0.3 is 5.97 Å². The van der Waals surface area contributed by atoms with Crippen molar-refractivity contribution in [3.8, 4) is 0 Å². The third-order valence-electron chi connectivity index (χ3n) is 3.13. The Labute approximate surface area is 137 Å². The fraction of sp³-hybridized carbons (Fsp3) is 0.357. The number of halogens is 2. The normalized spacial score (nSPS) is 18.5. The van der Waals surface area contributed by atoms with Crippen molar-refractivity contribution in [1.29, 1.82) is 0 Å². The highest BCUT2D eigenvalue weighted by Crippen LogP contribution is 2.25. The molecule has 1 aromatic rings. The van der Waals surface area contributed by atoms with Crippen LogP contribution in [-0.4, -0.2) is 29.9 Å². The maximum absolute atomic E-state index is 12.0. The first-order chi connectivity index (χ1) is 10.4. The van der Waals surface area contributed by atoms with Crippen molar-refractivity contribution in [2.75, 3.05) is 5.32 Å². The molecular formula is C14H14Cl2N2O4. The number of carbonyl (C=O) groups excluding carboxylic acids is 3. The first-order valence-corrected chi connectivity index (χ1v) is 7.38. The minimum atomic E-state index is -1.03. The quantitative estimate of drug-likeness (QED) is 0.819. The minimum Gasteiger partial charge on any atom is -0.451 e. The van der Waals surface area contributed by atoms with Crippen LogP contribution in [-0.2, 0) is 19.1 Å². The molecule has 0 saturated carbocycles. The second-order valence-electron chi connectivity index (χ2n) is 4.85. The van der Waals surface area contributed by atoms with Gasteiger partial charge in [0.15, 0.2) is 6.10 Å². The summed E-state index contributed by atoms with van der Waals surface area (Å²) in [6.07, 6.45) is -0.384. The molecule has 2 N–H and O–H groups in total. The van der Waals surface area contributed by atoms with Gasteiger partial charge in [0.25, 0.3) is 5.91 Å². The molecule has 22 heavy (non-hydrogen) atoms. The van der Waals surface area contributed by atoms with Gasteiger partial charge in [-0.15, -0.1) is 0 Å². The molecule has 1 aromatic carbocycles. The number of ether oxygens (including phenoxy) is 1. The fourth-order valence-corrected chi connectivity index (χ4v) is 2.27. The van der Waals surface area contributed by atoms with E-state index in [2.05, 4.69) is 10.6 Å². The maximum atomic E-state index is 12.0. The summed E-state index contributed by atoms with van der Waals surface area (Å²) in [6.45, 7) is 1.43. The van der Waals surface area contributed by atoms with Gasteiger partial charge in [0.05, 0.1) is 10.7 Å². The van der Waals surface area contributed by atoms with Crippen LogP contribution in [0.1, 0.15) is 19.8 Å². The number of benzene rings is 1. The largest absolute Gasteiger partial charge is 0.451 e. The van der Waals surface area contributed by atoms with Crippen LogP contribution in [0.3, 0.4) is 0 Å². The van der Waals surface area contributed by atoms with E-state index in [-0.39, 0.29) is 12.3 Å². The zero-order valence-electron chi connectivity index (χ0n) is 11.7. The lowest BCUT2D eigenvalue weighted by Crippen LogP contribution is -2.39. The molecule has 6 nitrogen and oxygen atoms in total. The fourth-order valence-electron chi connectivity index (χ4n) is 1.93. The third kappa shape index (κ3) is 4.11. The van der Waals surface area contributed by atoms with E-state index in [4.69, 9.17) is 27.9 Å². The van der Waals surface area contributed by atoms with Crippen LogP contribution >= 0.6 is 23.2 Å². The van der Waals surface area contributed by atoms with E-state index in [1.54, 1.807) is 12.1 Å². The molecule has 2 amide bonds. The molecule has 1 fully saturated rings. The Hall–Kier alpha value is -1.79. The van der Waals surface area contributed by atoms with Crippen molar-refractivity contribution in [3.05, 3.63) is 28.2 Å². The summed E-state index contributed by atoms with van der Waals surface area (Å²) in [5.41, 5.74) is 0.330. The number of rotatable bonds is 4. The second kappa shape index (κ2) is 6.98. The van der Waals surface area contributed by atoms with Crippen LogP contribution in [0, 0.1) is 0 Å². The van der Waals surface area contributed by atoms with Crippen molar-refractivity contribution in [3.63, 3.8) is 0 Å². The van der Waals surface area contributed by atoms with E-state index in [1.165, 1.54) is 13.0 Å². The summed E-state index contributed by atoms with van der Waals surface area (Å²) in [7, 11) is 0. The van der Waals surface area contributed by atoms with Gasteiger partial charge in [-0.3, -0.25) is 9.59 Å². The lowest BCUT2D eigenvalue weighted by Gasteiger charge is -2.16. The van der Waals surface area contributed by atoms with Gasteiger partial charge in [0.2, 0.25) is 5.91 Å². The van der Waals surface area contributed by atoms with E-state index in [9.17, 15) is 14.4 Å². The van der Waals surface area contributed by atoms with Crippen LogP contribution < -0.4 is 10.6 Å². The molecule has 118 valence electrons. The predicted octanol–water partition coefficient (Wildman–Crippen LogP) is 2.14. The van der Waals surface area contributed by atoms with E-state index < -0.39 is 24.0 Å². The molecule has 2 rings (SSSR count). The van der Waals surface area contributed by atoms with E-state index in [1.807, 2.05) is 0 Å². The minimum absolute atomic E-state index is 0.204. The Morgan fingerprint density at radius 1 is 1.41 bits per heavy atom. The summed E-state index contributed by atoms with van der Waals surface area (Å²) in [5, 5.41) is 5.75. The van der Waals surface area contributed by atoms with E-state index in [0.29, 0.717) is 22.2 Å². The average Bonchev–Trinajstić information content (AvgIpc) is 2.89.